The lowest BCUT2D eigenvalue weighted by Crippen LogP contribution is -2.75. The average Bonchev–Trinajstić information content (AvgIpc) is 3.51. The number of amides is 1. The number of β-amino-alcohol motifs (C(OH)–C–C–N with tert-alkyl or cyclic N) is 1. The van der Waals surface area contributed by atoms with Crippen molar-refractivity contribution < 1.29 is 24.9 Å². The number of likely N-dealkylation sites (N-methyl/N-ethyl adjacent to an activating group) is 1. The molecule has 1 saturated carbocycles. The first-order chi connectivity index (χ1) is 18.6. The number of aliphatic hydroxyl groups is 2. The molecule has 3 N–H and O–H groups in total. The van der Waals surface area contributed by atoms with Gasteiger partial charge in [0.2, 0.25) is 0 Å². The first kappa shape index (κ1) is 25.8. The fourth-order valence-corrected chi connectivity index (χ4v) is 8.68. The number of likely N-dealkylation sites (tertiary alicyclic amines) is 2. The van der Waals surface area contributed by atoms with Crippen molar-refractivity contribution in [3.05, 3.63) is 34.9 Å². The molecular weight excluding hydrogens is 494 g/mol. The molecule has 8 nitrogen and oxygen atoms in total. The van der Waals surface area contributed by atoms with E-state index in [0.717, 1.165) is 49.5 Å². The second kappa shape index (κ2) is 8.93. The molecule has 6 aliphatic rings. The fraction of sp³-hybridized carbons (Fsp3) is 0.710. The summed E-state index contributed by atoms with van der Waals surface area (Å²) in [6, 6.07) is 3.66. The molecular formula is C31H43N3O5. The molecule has 39 heavy (non-hydrogen) atoms. The van der Waals surface area contributed by atoms with Crippen LogP contribution in [0.2, 0.25) is 0 Å². The number of phenolic OH excluding ortho intramolecular Hbond substituents is 1. The number of nitrogens with zero attached hydrogens (tertiary/aromatic N) is 3. The molecule has 8 heteroatoms. The third-order valence-corrected chi connectivity index (χ3v) is 11.0. The van der Waals surface area contributed by atoms with E-state index in [2.05, 4.69) is 23.6 Å². The molecule has 2 saturated heterocycles. The smallest absolute Gasteiger partial charge is 0.253 e. The van der Waals surface area contributed by atoms with Gasteiger partial charge in [0.25, 0.3) is 5.91 Å². The van der Waals surface area contributed by atoms with Gasteiger partial charge in [0, 0.05) is 50.9 Å². The third-order valence-electron chi connectivity index (χ3n) is 11.0. The number of aliphatic hydroxyl groups excluding tert-OH is 1. The summed E-state index contributed by atoms with van der Waals surface area (Å²) in [6.45, 7) is 8.37. The van der Waals surface area contributed by atoms with Gasteiger partial charge in [-0.1, -0.05) is 26.0 Å². The second-order valence-electron chi connectivity index (χ2n) is 13.5. The second-order valence-corrected chi connectivity index (χ2v) is 13.5. The summed E-state index contributed by atoms with van der Waals surface area (Å²) in [4.78, 5) is 20.9. The predicted molar refractivity (Wildman–Crippen MR) is 147 cm³/mol. The lowest BCUT2D eigenvalue weighted by Gasteiger charge is -2.62. The van der Waals surface area contributed by atoms with Gasteiger partial charge < -0.3 is 25.0 Å². The Bertz CT molecular complexity index is 1210. The van der Waals surface area contributed by atoms with Crippen molar-refractivity contribution in [3.63, 3.8) is 0 Å². The highest BCUT2D eigenvalue weighted by Gasteiger charge is 2.72. The van der Waals surface area contributed by atoms with Gasteiger partial charge in [0.05, 0.1) is 22.7 Å². The normalized spacial score (nSPS) is 35.9. The Labute approximate surface area is 231 Å². The van der Waals surface area contributed by atoms with E-state index in [1.165, 1.54) is 12.8 Å². The van der Waals surface area contributed by atoms with Gasteiger partial charge in [-0.25, -0.2) is 0 Å². The number of benzene rings is 1. The molecule has 212 valence electrons. The summed E-state index contributed by atoms with van der Waals surface area (Å²) in [6.07, 6.45) is 6.18. The van der Waals surface area contributed by atoms with Crippen LogP contribution in [0.4, 0.5) is 0 Å². The summed E-state index contributed by atoms with van der Waals surface area (Å²) in [5, 5.41) is 33.6. The SMILES string of the molecule is CC(C)[C@@H](CN1CC[C@H](O)C1)N(C)C(=O)C1=CC[C@@]2(O)[C@H]3Cc4ccc(O)c5c4[C@@]2(CCN3CC2CC2)[C@H]1O5. The monoisotopic (exact) mass is 537 g/mol. The van der Waals surface area contributed by atoms with E-state index < -0.39 is 17.1 Å². The van der Waals surface area contributed by atoms with Crippen LogP contribution in [-0.4, -0.2) is 106 Å². The van der Waals surface area contributed by atoms with E-state index in [0.29, 0.717) is 37.3 Å². The molecule has 3 fully saturated rings. The molecule has 0 aromatic heterocycles. The Morgan fingerprint density at radius 3 is 2.72 bits per heavy atom. The number of hydrogen-bond acceptors (Lipinski definition) is 7. The standard InChI is InChI=1S/C31H43N3O5/c1-18(2)23(17-33-12-9-21(35)16-33)32(3)29(37)22-8-10-31(38)25-14-20-6-7-24(36)27-26(20)30(31,28(22)39-27)11-13-34(25)15-19-4-5-19/h6-8,18-19,21,23,25,28,35-36,38H,4-5,9-17H2,1-3H3/t21-,23+,25+,28-,30-,31+/m0/s1. The van der Waals surface area contributed by atoms with Gasteiger partial charge in [-0.05, 0) is 68.5 Å². The van der Waals surface area contributed by atoms with E-state index in [4.69, 9.17) is 4.74 Å². The van der Waals surface area contributed by atoms with E-state index in [9.17, 15) is 20.1 Å². The van der Waals surface area contributed by atoms with E-state index in [-0.39, 0.29) is 35.8 Å². The van der Waals surface area contributed by atoms with Crippen molar-refractivity contribution in [2.45, 2.75) is 87.7 Å². The van der Waals surface area contributed by atoms with Crippen molar-refractivity contribution >= 4 is 5.91 Å². The van der Waals surface area contributed by atoms with Gasteiger partial charge in [-0.15, -0.1) is 0 Å². The molecule has 0 radical (unpaired) electrons. The highest BCUT2D eigenvalue weighted by molar-refractivity contribution is 5.96. The summed E-state index contributed by atoms with van der Waals surface area (Å²) in [7, 11) is 1.88. The summed E-state index contributed by atoms with van der Waals surface area (Å²) in [5.41, 5.74) is 0.876. The number of ether oxygens (including phenoxy) is 1. The Morgan fingerprint density at radius 1 is 1.23 bits per heavy atom. The molecule has 6 atom stereocenters. The first-order valence-electron chi connectivity index (χ1n) is 15.0. The van der Waals surface area contributed by atoms with Crippen LogP contribution >= 0.6 is 0 Å². The van der Waals surface area contributed by atoms with Crippen molar-refractivity contribution in [1.82, 2.24) is 14.7 Å². The Hall–Kier alpha value is -2.13. The Balaban J connectivity index is 1.25. The van der Waals surface area contributed by atoms with Crippen molar-refractivity contribution in [2.75, 3.05) is 39.8 Å². The molecule has 1 aromatic rings. The quantitative estimate of drug-likeness (QED) is 0.490. The van der Waals surface area contributed by atoms with Crippen LogP contribution in [-0.2, 0) is 16.6 Å². The topological polar surface area (TPSA) is 96.7 Å². The van der Waals surface area contributed by atoms with Crippen LogP contribution in [0.15, 0.2) is 23.8 Å². The highest BCUT2D eigenvalue weighted by atomic mass is 16.5. The lowest BCUT2D eigenvalue weighted by molar-refractivity contribution is -0.166. The molecule has 1 spiro atoms. The maximum atomic E-state index is 14.3. The Kier molecular flexibility index (Phi) is 5.91. The largest absolute Gasteiger partial charge is 0.504 e. The van der Waals surface area contributed by atoms with Crippen LogP contribution in [0.3, 0.4) is 0 Å². The average molecular weight is 538 g/mol. The van der Waals surface area contributed by atoms with E-state index in [1.54, 1.807) is 6.07 Å². The minimum atomic E-state index is -1.05. The minimum Gasteiger partial charge on any atom is -0.504 e. The van der Waals surface area contributed by atoms with Gasteiger partial charge in [0.15, 0.2) is 11.5 Å². The molecule has 7 rings (SSSR count). The summed E-state index contributed by atoms with van der Waals surface area (Å²) in [5.74, 6) is 1.44. The first-order valence-corrected chi connectivity index (χ1v) is 15.0. The fourth-order valence-electron chi connectivity index (χ4n) is 8.68. The molecule has 3 aliphatic heterocycles. The number of rotatable bonds is 7. The number of piperidine rings is 1. The summed E-state index contributed by atoms with van der Waals surface area (Å²) >= 11 is 0. The van der Waals surface area contributed by atoms with Crippen LogP contribution in [0, 0.1) is 11.8 Å². The number of aromatic hydroxyl groups is 1. The van der Waals surface area contributed by atoms with Crippen LogP contribution in [0.25, 0.3) is 0 Å². The van der Waals surface area contributed by atoms with E-state index >= 15 is 0 Å². The van der Waals surface area contributed by atoms with Crippen molar-refractivity contribution in [3.8, 4) is 11.5 Å². The molecule has 2 bridgehead atoms. The number of carbonyl (C=O) groups is 1. The maximum Gasteiger partial charge on any atom is 0.253 e. The van der Waals surface area contributed by atoms with Crippen molar-refractivity contribution in [2.24, 2.45) is 11.8 Å². The van der Waals surface area contributed by atoms with Gasteiger partial charge in [-0.3, -0.25) is 14.6 Å². The van der Waals surface area contributed by atoms with E-state index in [1.807, 2.05) is 24.1 Å². The highest BCUT2D eigenvalue weighted by Crippen LogP contribution is 2.65. The zero-order chi connectivity index (χ0) is 27.3. The predicted octanol–water partition coefficient (Wildman–Crippen LogP) is 2.04. The number of hydrogen-bond donors (Lipinski definition) is 3. The summed E-state index contributed by atoms with van der Waals surface area (Å²) < 4.78 is 6.59. The zero-order valence-corrected chi connectivity index (χ0v) is 23.5. The molecule has 3 heterocycles. The molecule has 3 aliphatic carbocycles. The number of phenols is 1. The van der Waals surface area contributed by atoms with Crippen LogP contribution in [0.5, 0.6) is 11.5 Å². The third kappa shape index (κ3) is 3.67. The Morgan fingerprint density at radius 2 is 2.03 bits per heavy atom. The van der Waals surface area contributed by atoms with Gasteiger partial charge >= 0.3 is 0 Å². The lowest BCUT2D eigenvalue weighted by atomic mass is 9.49. The van der Waals surface area contributed by atoms with Crippen molar-refractivity contribution in [1.29, 1.82) is 0 Å². The minimum absolute atomic E-state index is 0.0192. The molecule has 1 amide bonds. The number of carbonyl (C=O) groups excluding carboxylic acids is 1. The zero-order valence-electron chi connectivity index (χ0n) is 23.5. The molecule has 0 unspecified atom stereocenters. The van der Waals surface area contributed by atoms with Crippen LogP contribution in [0.1, 0.15) is 57.1 Å². The van der Waals surface area contributed by atoms with Gasteiger partial charge in [-0.2, -0.15) is 0 Å². The molecule has 1 aromatic carbocycles. The van der Waals surface area contributed by atoms with Crippen LogP contribution < -0.4 is 4.74 Å². The maximum absolute atomic E-state index is 14.3. The van der Waals surface area contributed by atoms with Gasteiger partial charge in [0.1, 0.15) is 6.10 Å².